The van der Waals surface area contributed by atoms with Gasteiger partial charge in [0.1, 0.15) is 16.2 Å². The Kier molecular flexibility index (Phi) is 5.37. The second kappa shape index (κ2) is 8.11. The van der Waals surface area contributed by atoms with Gasteiger partial charge in [-0.05, 0) is 55.2 Å². The number of nitrogens with zero attached hydrogens (tertiary/aromatic N) is 2. The van der Waals surface area contributed by atoms with Crippen molar-refractivity contribution in [1.82, 2.24) is 9.97 Å². The Labute approximate surface area is 173 Å². The van der Waals surface area contributed by atoms with Crippen LogP contribution < -0.4 is 0 Å². The average Bonchev–Trinajstić information content (AvgIpc) is 3.32. The summed E-state index contributed by atoms with van der Waals surface area (Å²) in [5, 5.41) is 12.7. The first-order valence-corrected chi connectivity index (χ1v) is 11.9. The number of fused-ring (bicyclic) bond motifs is 4. The minimum Gasteiger partial charge on any atom is -0.390 e. The number of thioether (sulfide) groups is 1. The number of aliphatic hydroxyl groups is 1. The minimum absolute atomic E-state index is 0.107. The van der Waals surface area contributed by atoms with E-state index in [1.165, 1.54) is 39.8 Å². The molecule has 0 fully saturated rings. The van der Waals surface area contributed by atoms with Gasteiger partial charge in [0.2, 0.25) is 0 Å². The van der Waals surface area contributed by atoms with Crippen molar-refractivity contribution < 1.29 is 9.84 Å². The number of thiophene rings is 1. The van der Waals surface area contributed by atoms with Crippen LogP contribution in [-0.2, 0) is 24.0 Å². The maximum absolute atomic E-state index is 10.5. The highest BCUT2D eigenvalue weighted by Gasteiger charge is 2.23. The summed E-state index contributed by atoms with van der Waals surface area (Å²) in [6, 6.07) is 8.52. The molecule has 0 spiro atoms. The highest BCUT2D eigenvalue weighted by Crippen LogP contribution is 2.40. The van der Waals surface area contributed by atoms with Crippen molar-refractivity contribution in [3.05, 3.63) is 52.2 Å². The van der Waals surface area contributed by atoms with Gasteiger partial charge in [-0.1, -0.05) is 24.3 Å². The van der Waals surface area contributed by atoms with Crippen LogP contribution in [-0.4, -0.2) is 33.5 Å². The second-order valence-corrected chi connectivity index (χ2v) is 9.69. The Hall–Kier alpha value is -1.47. The highest BCUT2D eigenvalue weighted by molar-refractivity contribution is 7.99. The van der Waals surface area contributed by atoms with Crippen LogP contribution in [0.25, 0.3) is 10.2 Å². The molecular formula is C22H24N2O2S2. The standard InChI is InChI=1S/C22H24N2O2S2/c25-15(11-26-18-9-3-6-14-5-1-2-7-16(14)18)12-27-21-20-17-8-4-10-19(17)28-22(20)24-13-23-21/h1-2,5,7,13,15,18,25H,3-4,6,8-12H2/t15-,18-/m1/s1. The second-order valence-electron chi connectivity index (χ2n) is 7.59. The SMILES string of the molecule is O[C@H](CO[C@@H]1CCCc2ccccc21)CSc1ncnc2sc3c(c12)CCC3. The lowest BCUT2D eigenvalue weighted by atomic mass is 9.89. The van der Waals surface area contributed by atoms with Crippen LogP contribution in [0.2, 0.25) is 0 Å². The molecule has 1 N–H and O–H groups in total. The molecule has 3 aromatic rings. The van der Waals surface area contributed by atoms with E-state index in [1.54, 1.807) is 29.4 Å². The molecule has 0 aliphatic heterocycles. The van der Waals surface area contributed by atoms with Crippen molar-refractivity contribution >= 4 is 33.3 Å². The van der Waals surface area contributed by atoms with Crippen LogP contribution in [0, 0.1) is 0 Å². The number of aromatic nitrogens is 2. The van der Waals surface area contributed by atoms with Gasteiger partial charge in [-0.25, -0.2) is 9.97 Å². The molecule has 2 aliphatic rings. The Bertz CT molecular complexity index is 988. The summed E-state index contributed by atoms with van der Waals surface area (Å²) in [5.41, 5.74) is 4.12. The zero-order valence-electron chi connectivity index (χ0n) is 15.8. The van der Waals surface area contributed by atoms with Crippen molar-refractivity contribution in [3.63, 3.8) is 0 Å². The van der Waals surface area contributed by atoms with Gasteiger partial charge >= 0.3 is 0 Å². The fraction of sp³-hybridized carbons (Fsp3) is 0.455. The van der Waals surface area contributed by atoms with E-state index in [0.29, 0.717) is 12.4 Å². The molecule has 0 unspecified atom stereocenters. The first-order chi connectivity index (χ1) is 13.8. The summed E-state index contributed by atoms with van der Waals surface area (Å²) in [6.45, 7) is 0.363. The Balaban J connectivity index is 1.22. The van der Waals surface area contributed by atoms with E-state index in [0.717, 1.165) is 35.5 Å². The fourth-order valence-electron chi connectivity index (χ4n) is 4.34. The summed E-state index contributed by atoms with van der Waals surface area (Å²) in [6.07, 6.45) is 8.09. The van der Waals surface area contributed by atoms with E-state index in [2.05, 4.69) is 34.2 Å². The molecule has 0 amide bonds. The van der Waals surface area contributed by atoms with E-state index in [1.807, 2.05) is 0 Å². The summed E-state index contributed by atoms with van der Waals surface area (Å²) >= 11 is 3.43. The summed E-state index contributed by atoms with van der Waals surface area (Å²) in [4.78, 5) is 11.5. The molecule has 2 heterocycles. The highest BCUT2D eigenvalue weighted by atomic mass is 32.2. The van der Waals surface area contributed by atoms with Crippen molar-refractivity contribution in [2.24, 2.45) is 0 Å². The largest absolute Gasteiger partial charge is 0.390 e. The van der Waals surface area contributed by atoms with Crippen LogP contribution in [0.4, 0.5) is 0 Å². The molecule has 146 valence electrons. The lowest BCUT2D eigenvalue weighted by Gasteiger charge is -2.26. The van der Waals surface area contributed by atoms with Gasteiger partial charge in [0.25, 0.3) is 0 Å². The number of hydrogen-bond donors (Lipinski definition) is 1. The van der Waals surface area contributed by atoms with Gasteiger partial charge in [0.05, 0.1) is 18.8 Å². The quantitative estimate of drug-likeness (QED) is 0.469. The summed E-state index contributed by atoms with van der Waals surface area (Å²) in [5.74, 6) is 0.588. The predicted octanol–water partition coefficient (Wildman–Crippen LogP) is 4.73. The van der Waals surface area contributed by atoms with E-state index in [-0.39, 0.29) is 6.10 Å². The third kappa shape index (κ3) is 3.59. The van der Waals surface area contributed by atoms with Crippen LogP contribution in [0.3, 0.4) is 0 Å². The molecular weight excluding hydrogens is 388 g/mol. The van der Waals surface area contributed by atoms with Crippen molar-refractivity contribution in [3.8, 4) is 0 Å². The Morgan fingerprint density at radius 3 is 3.07 bits per heavy atom. The van der Waals surface area contributed by atoms with Gasteiger partial charge in [-0.15, -0.1) is 23.1 Å². The normalized spacial score (nSPS) is 19.5. The maximum Gasteiger partial charge on any atom is 0.128 e. The smallest absolute Gasteiger partial charge is 0.128 e. The van der Waals surface area contributed by atoms with Crippen molar-refractivity contribution in [1.29, 1.82) is 0 Å². The fourth-order valence-corrected chi connectivity index (χ4v) is 6.57. The van der Waals surface area contributed by atoms with Gasteiger partial charge in [-0.3, -0.25) is 0 Å². The zero-order chi connectivity index (χ0) is 18.9. The number of hydrogen-bond acceptors (Lipinski definition) is 6. The number of rotatable bonds is 6. The molecule has 0 bridgehead atoms. The molecule has 1 aromatic carbocycles. The third-order valence-corrected chi connectivity index (χ3v) is 8.02. The number of aryl methyl sites for hydroxylation is 3. The van der Waals surface area contributed by atoms with Crippen LogP contribution in [0.15, 0.2) is 35.6 Å². The van der Waals surface area contributed by atoms with Gasteiger partial charge in [0, 0.05) is 16.0 Å². The van der Waals surface area contributed by atoms with Crippen molar-refractivity contribution in [2.75, 3.05) is 12.4 Å². The molecule has 0 saturated carbocycles. The number of ether oxygens (including phenoxy) is 1. The predicted molar refractivity (Wildman–Crippen MR) is 114 cm³/mol. The Morgan fingerprint density at radius 2 is 2.11 bits per heavy atom. The molecule has 4 nitrogen and oxygen atoms in total. The van der Waals surface area contributed by atoms with Crippen molar-refractivity contribution in [2.45, 2.75) is 55.8 Å². The molecule has 28 heavy (non-hydrogen) atoms. The third-order valence-electron chi connectivity index (χ3n) is 5.68. The first-order valence-electron chi connectivity index (χ1n) is 10.0. The van der Waals surface area contributed by atoms with E-state index < -0.39 is 6.10 Å². The number of benzene rings is 1. The summed E-state index contributed by atoms with van der Waals surface area (Å²) in [7, 11) is 0. The lowest BCUT2D eigenvalue weighted by Crippen LogP contribution is -2.22. The monoisotopic (exact) mass is 412 g/mol. The first kappa shape index (κ1) is 18.6. The van der Waals surface area contributed by atoms with Crippen LogP contribution in [0.5, 0.6) is 0 Å². The maximum atomic E-state index is 10.5. The Morgan fingerprint density at radius 1 is 1.18 bits per heavy atom. The van der Waals surface area contributed by atoms with E-state index in [9.17, 15) is 5.11 Å². The molecule has 0 saturated heterocycles. The molecule has 6 heteroatoms. The molecule has 5 rings (SSSR count). The van der Waals surface area contributed by atoms with Gasteiger partial charge in [0.15, 0.2) is 0 Å². The summed E-state index contributed by atoms with van der Waals surface area (Å²) < 4.78 is 6.11. The number of aliphatic hydroxyl groups excluding tert-OH is 1. The molecule has 2 atom stereocenters. The zero-order valence-corrected chi connectivity index (χ0v) is 17.4. The average molecular weight is 413 g/mol. The molecule has 2 aliphatic carbocycles. The van der Waals surface area contributed by atoms with Gasteiger partial charge in [-0.2, -0.15) is 0 Å². The van der Waals surface area contributed by atoms with Crippen LogP contribution >= 0.6 is 23.1 Å². The van der Waals surface area contributed by atoms with E-state index >= 15 is 0 Å². The molecule has 0 radical (unpaired) electrons. The minimum atomic E-state index is -0.504. The van der Waals surface area contributed by atoms with E-state index in [4.69, 9.17) is 4.74 Å². The lowest BCUT2D eigenvalue weighted by molar-refractivity contribution is -0.00959. The van der Waals surface area contributed by atoms with Crippen LogP contribution in [0.1, 0.15) is 46.9 Å². The molecule has 2 aromatic heterocycles. The van der Waals surface area contributed by atoms with Gasteiger partial charge < -0.3 is 9.84 Å². The topological polar surface area (TPSA) is 55.2 Å².